The van der Waals surface area contributed by atoms with E-state index in [0.717, 1.165) is 6.07 Å². The van der Waals surface area contributed by atoms with E-state index in [0.29, 0.717) is 16.8 Å². The Bertz CT molecular complexity index is 949. The van der Waals surface area contributed by atoms with Gasteiger partial charge in [-0.05, 0) is 36.4 Å². The van der Waals surface area contributed by atoms with E-state index in [9.17, 15) is 18.0 Å². The van der Waals surface area contributed by atoms with Crippen molar-refractivity contribution in [2.45, 2.75) is 0 Å². The van der Waals surface area contributed by atoms with E-state index in [1.807, 2.05) is 0 Å². The highest BCUT2D eigenvalue weighted by atomic mass is 35.5. The van der Waals surface area contributed by atoms with Crippen LogP contribution in [0.2, 0.25) is 5.02 Å². The fraction of sp³-hybridized carbons (Fsp3) is 0. The number of halogens is 4. The molecule has 0 bridgehead atoms. The Morgan fingerprint density at radius 2 is 1.58 bits per heavy atom. The minimum Gasteiger partial charge on any atom is -0.324 e. The summed E-state index contributed by atoms with van der Waals surface area (Å²) in [5, 5.41) is 5.62. The van der Waals surface area contributed by atoms with E-state index >= 15 is 0 Å². The van der Waals surface area contributed by atoms with Gasteiger partial charge in [0.15, 0.2) is 17.5 Å². The van der Waals surface area contributed by atoms with E-state index in [1.165, 1.54) is 12.4 Å². The predicted octanol–water partition coefficient (Wildman–Crippen LogP) is 4.54. The first-order valence-corrected chi connectivity index (χ1v) is 7.61. The Morgan fingerprint density at radius 3 is 2.23 bits per heavy atom. The van der Waals surface area contributed by atoms with E-state index in [4.69, 9.17) is 11.6 Å². The van der Waals surface area contributed by atoms with Gasteiger partial charge in [-0.1, -0.05) is 11.6 Å². The first-order chi connectivity index (χ1) is 12.4. The number of carbonyl (C=O) groups is 1. The molecule has 2 aromatic carbocycles. The Balaban J connectivity index is 1.71. The van der Waals surface area contributed by atoms with E-state index in [-0.39, 0.29) is 11.5 Å². The van der Waals surface area contributed by atoms with Crippen molar-refractivity contribution < 1.29 is 18.0 Å². The fourth-order valence-corrected chi connectivity index (χ4v) is 2.12. The van der Waals surface area contributed by atoms with Gasteiger partial charge in [0, 0.05) is 23.1 Å². The average molecular weight is 379 g/mol. The number of nitrogens with one attached hydrogen (secondary N) is 2. The maximum absolute atomic E-state index is 13.6. The smallest absolute Gasteiger partial charge is 0.258 e. The van der Waals surface area contributed by atoms with Gasteiger partial charge in [0.2, 0.25) is 5.95 Å². The van der Waals surface area contributed by atoms with Crippen LogP contribution in [0.3, 0.4) is 0 Å². The number of rotatable bonds is 4. The zero-order valence-corrected chi connectivity index (χ0v) is 13.7. The molecule has 0 atom stereocenters. The van der Waals surface area contributed by atoms with Crippen molar-refractivity contribution in [2.75, 3.05) is 10.6 Å². The molecule has 0 fully saturated rings. The Kier molecular flexibility index (Phi) is 5.04. The Labute approximate surface area is 150 Å². The van der Waals surface area contributed by atoms with E-state index in [1.54, 1.807) is 24.3 Å². The second kappa shape index (κ2) is 7.40. The molecule has 0 radical (unpaired) electrons. The summed E-state index contributed by atoms with van der Waals surface area (Å²) in [6.07, 6.45) is 2.41. The van der Waals surface area contributed by atoms with Crippen LogP contribution < -0.4 is 10.6 Å². The molecule has 2 N–H and O–H groups in total. The van der Waals surface area contributed by atoms with Crippen molar-refractivity contribution in [1.29, 1.82) is 0 Å². The number of hydrogen-bond acceptors (Lipinski definition) is 4. The lowest BCUT2D eigenvalue weighted by Gasteiger charge is -2.08. The highest BCUT2D eigenvalue weighted by Crippen LogP contribution is 2.20. The monoisotopic (exact) mass is 378 g/mol. The molecule has 0 unspecified atom stereocenters. The Hall–Kier alpha value is -3.13. The predicted molar refractivity (Wildman–Crippen MR) is 91.0 cm³/mol. The minimum atomic E-state index is -1.67. The van der Waals surface area contributed by atoms with Crippen molar-refractivity contribution >= 4 is 34.8 Å². The second-order valence-corrected chi connectivity index (χ2v) is 5.54. The van der Waals surface area contributed by atoms with Gasteiger partial charge in [0.05, 0.1) is 11.3 Å². The SMILES string of the molecule is O=C(Nc1ccc(F)c(F)c1F)c1cnc(Nc2ccc(Cl)cc2)nc1. The summed E-state index contributed by atoms with van der Waals surface area (Å²) in [4.78, 5) is 20.0. The largest absolute Gasteiger partial charge is 0.324 e. The minimum absolute atomic E-state index is 0.00999. The van der Waals surface area contributed by atoms with Crippen LogP contribution in [0, 0.1) is 17.5 Å². The summed E-state index contributed by atoms with van der Waals surface area (Å²) in [6.45, 7) is 0. The molecule has 26 heavy (non-hydrogen) atoms. The lowest BCUT2D eigenvalue weighted by Crippen LogP contribution is -2.15. The van der Waals surface area contributed by atoms with Gasteiger partial charge in [-0.2, -0.15) is 0 Å². The summed E-state index contributed by atoms with van der Waals surface area (Å²) in [5.41, 5.74) is 0.212. The first-order valence-electron chi connectivity index (χ1n) is 7.23. The second-order valence-electron chi connectivity index (χ2n) is 5.10. The zero-order valence-electron chi connectivity index (χ0n) is 12.9. The highest BCUT2D eigenvalue weighted by molar-refractivity contribution is 6.30. The molecular formula is C17H10ClF3N4O. The Morgan fingerprint density at radius 1 is 0.923 bits per heavy atom. The van der Waals surface area contributed by atoms with Crippen LogP contribution in [0.4, 0.5) is 30.5 Å². The van der Waals surface area contributed by atoms with Gasteiger partial charge < -0.3 is 10.6 Å². The molecule has 1 aromatic heterocycles. The summed E-state index contributed by atoms with van der Waals surface area (Å²) < 4.78 is 39.7. The van der Waals surface area contributed by atoms with Gasteiger partial charge in [-0.3, -0.25) is 4.79 Å². The van der Waals surface area contributed by atoms with Gasteiger partial charge in [0.1, 0.15) is 0 Å². The zero-order chi connectivity index (χ0) is 18.7. The molecule has 0 aliphatic carbocycles. The topological polar surface area (TPSA) is 66.9 Å². The molecule has 132 valence electrons. The number of benzene rings is 2. The molecule has 0 spiro atoms. The molecular weight excluding hydrogens is 369 g/mol. The van der Waals surface area contributed by atoms with Crippen LogP contribution in [-0.2, 0) is 0 Å². The summed E-state index contributed by atoms with van der Waals surface area (Å²) in [7, 11) is 0. The third-order valence-corrected chi connectivity index (χ3v) is 3.55. The van der Waals surface area contributed by atoms with Crippen molar-refractivity contribution in [1.82, 2.24) is 9.97 Å². The normalized spacial score (nSPS) is 10.5. The van der Waals surface area contributed by atoms with Crippen molar-refractivity contribution in [3.8, 4) is 0 Å². The van der Waals surface area contributed by atoms with Crippen LogP contribution >= 0.6 is 11.6 Å². The maximum atomic E-state index is 13.6. The number of nitrogens with zero attached hydrogens (tertiary/aromatic N) is 2. The number of hydrogen-bond donors (Lipinski definition) is 2. The lowest BCUT2D eigenvalue weighted by molar-refractivity contribution is 0.102. The molecule has 0 saturated heterocycles. The third kappa shape index (κ3) is 3.92. The molecule has 1 heterocycles. The number of aromatic nitrogens is 2. The molecule has 3 aromatic rings. The maximum Gasteiger partial charge on any atom is 0.258 e. The molecule has 3 rings (SSSR count). The van der Waals surface area contributed by atoms with Crippen molar-refractivity contribution in [2.24, 2.45) is 0 Å². The van der Waals surface area contributed by atoms with Crippen LogP contribution in [0.5, 0.6) is 0 Å². The van der Waals surface area contributed by atoms with Gasteiger partial charge in [-0.25, -0.2) is 23.1 Å². The summed E-state index contributed by atoms with van der Waals surface area (Å²) in [6, 6.07) is 8.44. The quantitative estimate of drug-likeness (QED) is 0.654. The lowest BCUT2D eigenvalue weighted by atomic mass is 10.2. The first kappa shape index (κ1) is 17.7. The van der Waals surface area contributed by atoms with Gasteiger partial charge in [0.25, 0.3) is 5.91 Å². The molecule has 9 heteroatoms. The number of carbonyl (C=O) groups excluding carboxylic acids is 1. The fourth-order valence-electron chi connectivity index (χ4n) is 1.99. The van der Waals surface area contributed by atoms with Crippen LogP contribution in [0.15, 0.2) is 48.8 Å². The highest BCUT2D eigenvalue weighted by Gasteiger charge is 2.16. The van der Waals surface area contributed by atoms with Crippen LogP contribution in [0.1, 0.15) is 10.4 Å². The molecule has 0 aliphatic rings. The average Bonchev–Trinajstić information content (AvgIpc) is 2.64. The van der Waals surface area contributed by atoms with E-state index < -0.39 is 29.0 Å². The molecule has 0 aliphatic heterocycles. The number of amides is 1. The standard InChI is InChI=1S/C17H10ClF3N4O/c18-10-1-3-11(4-2-10)24-17-22-7-9(8-23-17)16(26)25-13-6-5-12(19)14(20)15(13)21/h1-8H,(H,25,26)(H,22,23,24). The third-order valence-electron chi connectivity index (χ3n) is 3.30. The number of anilines is 3. The van der Waals surface area contributed by atoms with Crippen molar-refractivity contribution in [3.63, 3.8) is 0 Å². The molecule has 1 amide bonds. The molecule has 5 nitrogen and oxygen atoms in total. The summed E-state index contributed by atoms with van der Waals surface area (Å²) in [5.74, 6) is -5.04. The van der Waals surface area contributed by atoms with E-state index in [2.05, 4.69) is 20.6 Å². The van der Waals surface area contributed by atoms with Crippen molar-refractivity contribution in [3.05, 3.63) is 76.8 Å². The van der Waals surface area contributed by atoms with Gasteiger partial charge in [-0.15, -0.1) is 0 Å². The van der Waals surface area contributed by atoms with Crippen LogP contribution in [-0.4, -0.2) is 15.9 Å². The van der Waals surface area contributed by atoms with Crippen LogP contribution in [0.25, 0.3) is 0 Å². The van der Waals surface area contributed by atoms with Gasteiger partial charge >= 0.3 is 0 Å². The summed E-state index contributed by atoms with van der Waals surface area (Å²) >= 11 is 5.79. The molecule has 0 saturated carbocycles.